The standard InChI is InChI=1S/C55H64F10N9O9P/c1-52(2,54(60,61)62)40(24-46(76)81-5)48(77)71-73(29-39-41(56)21-34(22-42(39)57)43(66)18-19-67-49(58)59)30-45(83-84(79)80)35(23-44(75)47(70-51(78)82-6)53(3,4)55(63,64)65)20-32-13-10-31(11-14-32)12-15-33-25-68-50(69-26-33)72-27-37-16-17-38(28-72)74(37)36-8-7-9-36/h10-11,13-14,18-19,21-22,25-26,35-38,40,45,47,49H,7-9,16-17,20,23-24,27-30H2,1-6H3,(H4-,66,67,70,71,77,78,79,80)/p+1/t35-,37?,38?,40-,45+,47-/m1/s1. The van der Waals surface area contributed by atoms with E-state index in [0.717, 1.165) is 46.2 Å². The normalized spacial score (nSPS) is 18.8. The molecule has 29 heteroatoms. The first kappa shape index (κ1) is 66.4. The maximum Gasteiger partial charge on any atom is 0.695 e. The number of carbonyl (C=O) groups excluding carboxylic acids is 4. The highest BCUT2D eigenvalue weighted by Crippen LogP contribution is 2.46. The Morgan fingerprint density at radius 1 is 0.869 bits per heavy atom. The van der Waals surface area contributed by atoms with Crippen LogP contribution in [0.4, 0.5) is 54.6 Å². The van der Waals surface area contributed by atoms with Crippen LogP contribution in [0.3, 0.4) is 0 Å². The number of rotatable bonds is 24. The van der Waals surface area contributed by atoms with Gasteiger partial charge in [-0.05, 0) is 81.9 Å². The monoisotopic (exact) mass is 1220 g/mol. The van der Waals surface area contributed by atoms with Crippen molar-refractivity contribution in [1.82, 2.24) is 30.6 Å². The van der Waals surface area contributed by atoms with Crippen molar-refractivity contribution in [2.45, 2.75) is 135 Å². The fraction of sp³-hybridized carbons (Fsp3) is 0.545. The minimum absolute atomic E-state index is 0.254. The molecule has 1 saturated carbocycles. The number of fused-ring (bicyclic) bond motifs is 2. The number of ether oxygens (including phenoxy) is 2. The molecule has 7 atom stereocenters. The first-order valence-corrected chi connectivity index (χ1v) is 27.6. The molecule has 0 spiro atoms. The molecule has 0 radical (unpaired) electrons. The average Bonchev–Trinajstić information content (AvgIpc) is 2.55. The van der Waals surface area contributed by atoms with E-state index in [2.05, 4.69) is 51.5 Å². The summed E-state index contributed by atoms with van der Waals surface area (Å²) in [5.74, 6) is -4.72. The van der Waals surface area contributed by atoms with Crippen molar-refractivity contribution in [1.29, 1.82) is 0 Å². The van der Waals surface area contributed by atoms with Crippen molar-refractivity contribution in [2.75, 3.05) is 38.8 Å². The summed E-state index contributed by atoms with van der Waals surface area (Å²) in [6.07, 6.45) is -6.24. The zero-order valence-corrected chi connectivity index (χ0v) is 47.5. The summed E-state index contributed by atoms with van der Waals surface area (Å²) in [5, 5.41) is 2.41. The minimum Gasteiger partial charge on any atom is -0.469 e. The van der Waals surface area contributed by atoms with Crippen molar-refractivity contribution in [3.8, 4) is 11.8 Å². The third kappa shape index (κ3) is 16.8. The minimum atomic E-state index is -5.22. The van der Waals surface area contributed by atoms with Crippen LogP contribution in [-0.4, -0.2) is 138 Å². The number of aliphatic imine (C=N–C) groups is 1. The van der Waals surface area contributed by atoms with Gasteiger partial charge in [0.15, 0.2) is 5.78 Å². The van der Waals surface area contributed by atoms with Crippen LogP contribution in [-0.2, 0) is 45.9 Å². The zero-order chi connectivity index (χ0) is 62.1. The smallest absolute Gasteiger partial charge is 0.469 e. The molecule has 3 aliphatic rings. The van der Waals surface area contributed by atoms with Gasteiger partial charge in [-0.1, -0.05) is 44.2 Å². The van der Waals surface area contributed by atoms with Gasteiger partial charge in [0, 0.05) is 95.7 Å². The lowest BCUT2D eigenvalue weighted by Crippen LogP contribution is -2.59. The zero-order valence-electron chi connectivity index (χ0n) is 46.6. The molecular weight excluding hydrogens is 1150 g/mol. The lowest BCUT2D eigenvalue weighted by atomic mass is 9.75. The molecule has 3 unspecified atom stereocenters. The fourth-order valence-electron chi connectivity index (χ4n) is 10.3. The van der Waals surface area contributed by atoms with Crippen LogP contribution in [0.5, 0.6) is 0 Å². The summed E-state index contributed by atoms with van der Waals surface area (Å²) in [5.41, 5.74) is 1.06. The van der Waals surface area contributed by atoms with E-state index in [1.165, 1.54) is 43.5 Å². The second-order valence-corrected chi connectivity index (χ2v) is 22.6. The van der Waals surface area contributed by atoms with Crippen molar-refractivity contribution in [3.63, 3.8) is 0 Å². The molecule has 458 valence electrons. The molecule has 6 rings (SSSR count). The molecule has 2 amide bonds. The van der Waals surface area contributed by atoms with E-state index >= 15 is 8.78 Å². The Bertz CT molecular complexity index is 2940. The Labute approximate surface area is 478 Å². The Morgan fingerprint density at radius 3 is 1.96 bits per heavy atom. The summed E-state index contributed by atoms with van der Waals surface area (Å²) >= 11 is 0. The average molecular weight is 1220 g/mol. The van der Waals surface area contributed by atoms with E-state index in [-0.39, 0.29) is 5.56 Å². The van der Waals surface area contributed by atoms with Gasteiger partial charge >= 0.3 is 39.2 Å². The number of ketones is 1. The quantitative estimate of drug-likeness (QED) is 0.0125. The Balaban J connectivity index is 1.37. The lowest BCUT2D eigenvalue weighted by Gasteiger charge is -2.48. The van der Waals surface area contributed by atoms with E-state index in [4.69, 9.17) is 10.3 Å². The third-order valence-corrected chi connectivity index (χ3v) is 16.1. The molecule has 2 aromatic carbocycles. The first-order chi connectivity index (χ1) is 39.3. The summed E-state index contributed by atoms with van der Waals surface area (Å²) in [4.78, 5) is 80.9. The molecule has 1 aliphatic carbocycles. The molecule has 1 aromatic heterocycles. The van der Waals surface area contributed by atoms with Crippen LogP contribution >= 0.6 is 8.25 Å². The predicted octanol–water partition coefficient (Wildman–Crippen LogP) is 8.72. The number of Topliss-reactive ketones (excluding diaryl/α,β-unsaturated/α-hetero) is 1. The van der Waals surface area contributed by atoms with E-state index in [1.54, 1.807) is 12.4 Å². The fourth-order valence-corrected chi connectivity index (χ4v) is 10.8. The number of methoxy groups -OCH3 is 2. The number of carbonyl (C=O) groups is 4. The summed E-state index contributed by atoms with van der Waals surface area (Å²) in [6.45, 7) is -1.53. The third-order valence-electron chi connectivity index (χ3n) is 15.7. The van der Waals surface area contributed by atoms with E-state index in [9.17, 15) is 63.8 Å². The SMILES string of the molecule is COC(=O)C[C@H](C(=O)NN(Cc1c(F)cc(C(N)=CC=NC(F)F)cc1F)C[C@H](O[P+](=O)O)[C@@H](CC(=O)[C@@H](NC(=O)OC)C(C)(C)C(F)(F)F)Cc1ccc(C#Cc2cnc(N3CC4CCC(C3)N4C3CCC3)nc2)cc1)C(C)(C)C(F)(F)F. The van der Waals surface area contributed by atoms with Gasteiger partial charge in [0.1, 0.15) is 23.8 Å². The molecule has 18 nitrogen and oxygen atoms in total. The number of hydrogen-bond donors (Lipinski definition) is 4. The van der Waals surface area contributed by atoms with Crippen molar-refractivity contribution >= 4 is 49.9 Å². The Kier molecular flexibility index (Phi) is 22.1. The second kappa shape index (κ2) is 27.9. The van der Waals surface area contributed by atoms with Gasteiger partial charge in [-0.2, -0.15) is 35.1 Å². The van der Waals surface area contributed by atoms with E-state index < -0.39 is 147 Å². The van der Waals surface area contributed by atoms with Gasteiger partial charge in [-0.3, -0.25) is 24.7 Å². The number of piperazine rings is 1. The Hall–Kier alpha value is -6.79. The maximum atomic E-state index is 16.1. The number of halogens is 10. The van der Waals surface area contributed by atoms with Crippen LogP contribution in [0, 0.1) is 46.1 Å². The Morgan fingerprint density at radius 2 is 1.45 bits per heavy atom. The molecule has 2 bridgehead atoms. The van der Waals surface area contributed by atoms with Crippen LogP contribution < -0.4 is 21.4 Å². The molecular formula is C55H65F10N9O9P+. The van der Waals surface area contributed by atoms with Crippen LogP contribution in [0.25, 0.3) is 5.70 Å². The highest BCUT2D eigenvalue weighted by Gasteiger charge is 2.57. The van der Waals surface area contributed by atoms with Crippen molar-refractivity contribution < 1.29 is 86.5 Å². The number of nitrogens with one attached hydrogen (secondary N) is 2. The number of hydrazine groups is 1. The number of nitrogens with zero attached hydrogens (tertiary/aromatic N) is 6. The first-order valence-electron chi connectivity index (χ1n) is 26.5. The molecule has 3 fully saturated rings. The van der Waals surface area contributed by atoms with E-state index in [1.807, 2.05) is 5.32 Å². The molecule has 2 saturated heterocycles. The summed E-state index contributed by atoms with van der Waals surface area (Å²) < 4.78 is 173. The highest BCUT2D eigenvalue weighted by atomic mass is 31.1. The molecule has 84 heavy (non-hydrogen) atoms. The summed E-state index contributed by atoms with van der Waals surface area (Å²) in [7, 11) is -2.20. The number of anilines is 1. The number of aromatic nitrogens is 2. The number of allylic oxidation sites excluding steroid dienone is 1. The van der Waals surface area contributed by atoms with E-state index in [0.29, 0.717) is 86.3 Å². The molecule has 3 heterocycles. The number of benzene rings is 2. The highest BCUT2D eigenvalue weighted by molar-refractivity contribution is 7.32. The molecule has 2 aliphatic heterocycles. The predicted molar refractivity (Wildman–Crippen MR) is 285 cm³/mol. The second-order valence-electron chi connectivity index (χ2n) is 21.9. The number of alkyl carbamates (subject to hydrolysis) is 1. The number of esters is 1. The number of nitrogens with two attached hydrogens (primary N) is 1. The molecule has 5 N–H and O–H groups in total. The maximum absolute atomic E-state index is 16.1. The number of hydrogen-bond acceptors (Lipinski definition) is 15. The topological polar surface area (TPSA) is 231 Å². The number of alkyl halides is 8. The van der Waals surface area contributed by atoms with Crippen molar-refractivity contribution in [3.05, 3.63) is 94.3 Å². The lowest BCUT2D eigenvalue weighted by molar-refractivity contribution is -0.231. The van der Waals surface area contributed by atoms with Crippen LogP contribution in [0.2, 0.25) is 0 Å². The largest absolute Gasteiger partial charge is 0.695 e. The van der Waals surface area contributed by atoms with Gasteiger partial charge < -0.3 is 25.4 Å². The van der Waals surface area contributed by atoms with Gasteiger partial charge in [0.05, 0.1) is 49.5 Å². The van der Waals surface area contributed by atoms with Crippen LogP contribution in [0.1, 0.15) is 100 Å². The summed E-state index contributed by atoms with van der Waals surface area (Å²) in [6, 6.07) is 6.29. The van der Waals surface area contributed by atoms with Crippen LogP contribution in [0.15, 0.2) is 59.9 Å². The van der Waals surface area contributed by atoms with Gasteiger partial charge in [0.25, 0.3) is 0 Å². The van der Waals surface area contributed by atoms with Gasteiger partial charge in [0.2, 0.25) is 11.9 Å². The number of amides is 2. The van der Waals surface area contributed by atoms with Crippen molar-refractivity contribution in [2.24, 2.45) is 33.4 Å². The van der Waals surface area contributed by atoms with Gasteiger partial charge in [-0.15, -0.1) is 9.42 Å². The molecule has 3 aromatic rings. The van der Waals surface area contributed by atoms with Gasteiger partial charge in [-0.25, -0.2) is 33.5 Å².